The molecular formula is C18H27N3O4S. The van der Waals surface area contributed by atoms with Gasteiger partial charge in [0.15, 0.2) is 0 Å². The Hall–Kier alpha value is -1.64. The minimum absolute atomic E-state index is 0.0700. The Balaban J connectivity index is 1.64. The lowest BCUT2D eigenvalue weighted by Gasteiger charge is -2.26. The summed E-state index contributed by atoms with van der Waals surface area (Å²) in [5.74, 6) is -0.0499. The van der Waals surface area contributed by atoms with Gasteiger partial charge >= 0.3 is 0 Å². The third-order valence-electron chi connectivity index (χ3n) is 4.98. The lowest BCUT2D eigenvalue weighted by molar-refractivity contribution is 0.0383. The minimum atomic E-state index is -3.30. The van der Waals surface area contributed by atoms with Crippen LogP contribution in [0.2, 0.25) is 0 Å². The zero-order chi connectivity index (χ0) is 18.7. The van der Waals surface area contributed by atoms with Crippen molar-refractivity contribution in [2.75, 3.05) is 49.5 Å². The van der Waals surface area contributed by atoms with Gasteiger partial charge in [-0.05, 0) is 44.0 Å². The van der Waals surface area contributed by atoms with Crippen molar-refractivity contribution < 1.29 is 17.9 Å². The second-order valence-corrected chi connectivity index (χ2v) is 8.94. The van der Waals surface area contributed by atoms with Crippen molar-refractivity contribution in [1.82, 2.24) is 10.2 Å². The van der Waals surface area contributed by atoms with Gasteiger partial charge in [-0.2, -0.15) is 0 Å². The Morgan fingerprint density at radius 1 is 1.31 bits per heavy atom. The topological polar surface area (TPSA) is 79.0 Å². The van der Waals surface area contributed by atoms with Gasteiger partial charge in [0, 0.05) is 37.8 Å². The highest BCUT2D eigenvalue weighted by Crippen LogP contribution is 2.35. The van der Waals surface area contributed by atoms with E-state index in [9.17, 15) is 13.2 Å². The number of ether oxygens (including phenoxy) is 1. The van der Waals surface area contributed by atoms with Gasteiger partial charge in [0.25, 0.3) is 5.91 Å². The zero-order valence-electron chi connectivity index (χ0n) is 15.4. The number of benzene rings is 1. The summed E-state index contributed by atoms with van der Waals surface area (Å²) in [7, 11) is -3.30. The van der Waals surface area contributed by atoms with Crippen LogP contribution in [0.1, 0.15) is 29.8 Å². The molecule has 1 aromatic rings. The lowest BCUT2D eigenvalue weighted by Crippen LogP contribution is -2.41. The molecule has 0 aliphatic carbocycles. The van der Waals surface area contributed by atoms with Crippen molar-refractivity contribution in [1.29, 1.82) is 0 Å². The van der Waals surface area contributed by atoms with Gasteiger partial charge in [-0.15, -0.1) is 0 Å². The van der Waals surface area contributed by atoms with Crippen LogP contribution in [0.5, 0.6) is 0 Å². The Kier molecular flexibility index (Phi) is 5.84. The van der Waals surface area contributed by atoms with E-state index in [4.69, 9.17) is 4.74 Å². The van der Waals surface area contributed by atoms with Crippen LogP contribution >= 0.6 is 0 Å². The molecule has 144 valence electrons. The van der Waals surface area contributed by atoms with Crippen LogP contribution < -0.4 is 9.62 Å². The summed E-state index contributed by atoms with van der Waals surface area (Å²) in [4.78, 5) is 14.7. The van der Waals surface area contributed by atoms with Gasteiger partial charge in [-0.3, -0.25) is 14.0 Å². The normalized spacial score (nSPS) is 20.8. The van der Waals surface area contributed by atoms with E-state index in [-0.39, 0.29) is 17.7 Å². The van der Waals surface area contributed by atoms with Crippen LogP contribution in [0.4, 0.5) is 5.69 Å². The van der Waals surface area contributed by atoms with Crippen molar-refractivity contribution >= 4 is 21.6 Å². The Morgan fingerprint density at radius 3 is 2.73 bits per heavy atom. The molecule has 0 saturated carbocycles. The minimum Gasteiger partial charge on any atom is -0.379 e. The highest BCUT2D eigenvalue weighted by Gasteiger charge is 2.34. The number of nitrogens with one attached hydrogen (secondary N) is 1. The highest BCUT2D eigenvalue weighted by atomic mass is 32.2. The van der Waals surface area contributed by atoms with Crippen molar-refractivity contribution in [2.45, 2.75) is 26.3 Å². The van der Waals surface area contributed by atoms with Crippen LogP contribution in [0.3, 0.4) is 0 Å². The molecule has 2 heterocycles. The lowest BCUT2D eigenvalue weighted by atomic mass is 10.1. The maximum atomic E-state index is 12.4. The fourth-order valence-electron chi connectivity index (χ4n) is 3.56. The van der Waals surface area contributed by atoms with E-state index >= 15 is 0 Å². The Morgan fingerprint density at radius 2 is 2.04 bits per heavy atom. The van der Waals surface area contributed by atoms with E-state index in [1.165, 1.54) is 4.31 Å². The van der Waals surface area contributed by atoms with Gasteiger partial charge in [0.2, 0.25) is 10.0 Å². The van der Waals surface area contributed by atoms with Crippen LogP contribution in [-0.2, 0) is 21.2 Å². The van der Waals surface area contributed by atoms with E-state index in [2.05, 4.69) is 10.2 Å². The molecule has 8 heteroatoms. The molecule has 7 nitrogen and oxygen atoms in total. The molecule has 26 heavy (non-hydrogen) atoms. The molecule has 3 rings (SSSR count). The number of carbonyl (C=O) groups excluding carboxylic acids is 1. The number of rotatable bonds is 6. The van der Waals surface area contributed by atoms with E-state index in [1.807, 2.05) is 13.0 Å². The van der Waals surface area contributed by atoms with E-state index in [1.54, 1.807) is 19.1 Å². The number of hydrogen-bond acceptors (Lipinski definition) is 5. The van der Waals surface area contributed by atoms with Crippen LogP contribution in [0.25, 0.3) is 0 Å². The SMILES string of the molecule is CCS(=O)(=O)N1c2ccc(C(=O)NCCN3CCOCC3)cc2C[C@H]1C. The molecule has 1 N–H and O–H groups in total. The van der Waals surface area contributed by atoms with E-state index in [0.717, 1.165) is 38.4 Å². The third-order valence-corrected chi connectivity index (χ3v) is 6.86. The first kappa shape index (κ1) is 19.1. The number of sulfonamides is 1. The molecule has 2 aliphatic heterocycles. The predicted octanol–water partition coefficient (Wildman–Crippen LogP) is 0.849. The molecule has 0 spiro atoms. The summed E-state index contributed by atoms with van der Waals surface area (Å²) < 4.78 is 31.4. The monoisotopic (exact) mass is 381 g/mol. The number of fused-ring (bicyclic) bond motifs is 1. The quantitative estimate of drug-likeness (QED) is 0.790. The van der Waals surface area contributed by atoms with Gasteiger partial charge in [0.05, 0.1) is 24.7 Å². The first-order valence-corrected chi connectivity index (χ1v) is 10.8. The molecule has 0 bridgehead atoms. The Bertz CT molecular complexity index is 760. The van der Waals surface area contributed by atoms with Crippen LogP contribution in [-0.4, -0.2) is 70.4 Å². The Labute approximate surface area is 155 Å². The second kappa shape index (κ2) is 7.94. The average Bonchev–Trinajstić information content (AvgIpc) is 2.98. The highest BCUT2D eigenvalue weighted by molar-refractivity contribution is 7.92. The number of anilines is 1. The largest absolute Gasteiger partial charge is 0.379 e. The van der Waals surface area contributed by atoms with Gasteiger partial charge in [0.1, 0.15) is 0 Å². The summed E-state index contributed by atoms with van der Waals surface area (Å²) in [6, 6.07) is 5.16. The summed E-state index contributed by atoms with van der Waals surface area (Å²) in [6.07, 6.45) is 0.628. The molecule has 2 aliphatic rings. The summed E-state index contributed by atoms with van der Waals surface area (Å²) in [5.41, 5.74) is 2.19. The fourth-order valence-corrected chi connectivity index (χ4v) is 4.94. The summed E-state index contributed by atoms with van der Waals surface area (Å²) in [5, 5.41) is 2.95. The number of nitrogens with zero attached hydrogens (tertiary/aromatic N) is 2. The molecule has 0 unspecified atom stereocenters. The predicted molar refractivity (Wildman–Crippen MR) is 101 cm³/mol. The fraction of sp³-hybridized carbons (Fsp3) is 0.611. The van der Waals surface area contributed by atoms with Crippen molar-refractivity contribution in [3.05, 3.63) is 29.3 Å². The summed E-state index contributed by atoms with van der Waals surface area (Å²) >= 11 is 0. The van der Waals surface area contributed by atoms with Crippen LogP contribution in [0, 0.1) is 0 Å². The second-order valence-electron chi connectivity index (χ2n) is 6.80. The first-order chi connectivity index (χ1) is 12.4. The molecule has 1 saturated heterocycles. The van der Waals surface area contributed by atoms with Gasteiger partial charge in [-0.25, -0.2) is 8.42 Å². The summed E-state index contributed by atoms with van der Waals surface area (Å²) in [6.45, 7) is 8.22. The van der Waals surface area contributed by atoms with Gasteiger partial charge in [-0.1, -0.05) is 0 Å². The number of amides is 1. The molecule has 0 radical (unpaired) electrons. The number of carbonyl (C=O) groups is 1. The molecular weight excluding hydrogens is 354 g/mol. The molecule has 0 aromatic heterocycles. The van der Waals surface area contributed by atoms with Crippen molar-refractivity contribution in [3.8, 4) is 0 Å². The van der Waals surface area contributed by atoms with Crippen LogP contribution in [0.15, 0.2) is 18.2 Å². The van der Waals surface area contributed by atoms with Gasteiger partial charge < -0.3 is 10.1 Å². The first-order valence-electron chi connectivity index (χ1n) is 9.15. The zero-order valence-corrected chi connectivity index (χ0v) is 16.2. The third kappa shape index (κ3) is 4.02. The maximum absolute atomic E-state index is 12.4. The van der Waals surface area contributed by atoms with Crippen molar-refractivity contribution in [2.24, 2.45) is 0 Å². The number of hydrogen-bond donors (Lipinski definition) is 1. The molecule has 1 fully saturated rings. The molecule has 1 atom stereocenters. The van der Waals surface area contributed by atoms with Crippen molar-refractivity contribution in [3.63, 3.8) is 0 Å². The van der Waals surface area contributed by atoms with E-state index in [0.29, 0.717) is 24.2 Å². The number of morpholine rings is 1. The standard InChI is InChI=1S/C18H27N3O4S/c1-3-26(23,24)21-14(2)12-16-13-15(4-5-17(16)21)18(22)19-6-7-20-8-10-25-11-9-20/h4-5,13-14H,3,6-12H2,1-2H3,(H,19,22)/t14-/m1/s1. The molecule has 1 aromatic carbocycles. The molecule has 1 amide bonds. The smallest absolute Gasteiger partial charge is 0.251 e. The average molecular weight is 381 g/mol. The maximum Gasteiger partial charge on any atom is 0.251 e. The van der Waals surface area contributed by atoms with E-state index < -0.39 is 10.0 Å².